The summed E-state index contributed by atoms with van der Waals surface area (Å²) in [6, 6.07) is 9.34. The molecule has 0 amide bonds. The summed E-state index contributed by atoms with van der Waals surface area (Å²) in [4.78, 5) is 11.3. The predicted molar refractivity (Wildman–Crippen MR) is 113 cm³/mol. The van der Waals surface area contributed by atoms with Gasteiger partial charge in [-0.15, -0.1) is 0 Å². The molecule has 0 bridgehead atoms. The van der Waals surface area contributed by atoms with E-state index >= 15 is 0 Å². The third-order valence-electron chi connectivity index (χ3n) is 5.58. The van der Waals surface area contributed by atoms with Crippen LogP contribution in [0.25, 0.3) is 0 Å². The van der Waals surface area contributed by atoms with E-state index < -0.39 is 0 Å². The van der Waals surface area contributed by atoms with Crippen molar-refractivity contribution in [2.75, 3.05) is 13.6 Å². The molecule has 1 aliphatic heterocycles. The lowest BCUT2D eigenvalue weighted by Crippen LogP contribution is -2.38. The van der Waals surface area contributed by atoms with Gasteiger partial charge in [0.1, 0.15) is 5.76 Å². The van der Waals surface area contributed by atoms with Crippen molar-refractivity contribution >= 4 is 5.96 Å². The normalized spacial score (nSPS) is 18.3. The Morgan fingerprint density at radius 2 is 1.93 bits per heavy atom. The molecule has 1 aliphatic rings. The third kappa shape index (κ3) is 5.35. The van der Waals surface area contributed by atoms with Crippen molar-refractivity contribution in [2.24, 2.45) is 4.99 Å². The van der Waals surface area contributed by atoms with Crippen LogP contribution in [0.15, 0.2) is 33.7 Å². The zero-order valence-corrected chi connectivity index (χ0v) is 17.6. The Labute approximate surface area is 168 Å². The molecule has 1 aromatic heterocycles. The number of hydrogen-bond donors (Lipinski definition) is 2. The van der Waals surface area contributed by atoms with Gasteiger partial charge in [0.25, 0.3) is 0 Å². The maximum atomic E-state index is 5.62. The van der Waals surface area contributed by atoms with E-state index in [1.54, 1.807) is 7.05 Å². The molecule has 0 radical (unpaired) electrons. The second kappa shape index (κ2) is 9.73. The van der Waals surface area contributed by atoms with Gasteiger partial charge in [-0.25, -0.2) is 4.98 Å². The van der Waals surface area contributed by atoms with Crippen LogP contribution in [-0.2, 0) is 19.6 Å². The minimum atomic E-state index is 0.515. The van der Waals surface area contributed by atoms with Crippen molar-refractivity contribution < 1.29 is 4.42 Å². The summed E-state index contributed by atoms with van der Waals surface area (Å²) in [6.45, 7) is 9.69. The van der Waals surface area contributed by atoms with E-state index in [0.29, 0.717) is 18.5 Å². The fourth-order valence-electron chi connectivity index (χ4n) is 3.67. The average molecular weight is 384 g/mol. The summed E-state index contributed by atoms with van der Waals surface area (Å²) in [7, 11) is 1.78. The lowest BCUT2D eigenvalue weighted by molar-refractivity contribution is 0.152. The molecule has 3 rings (SSSR count). The maximum absolute atomic E-state index is 5.62. The Bertz CT molecular complexity index is 778. The number of oxazole rings is 1. The first-order valence-electron chi connectivity index (χ1n) is 10.2. The van der Waals surface area contributed by atoms with Gasteiger partial charge in [-0.3, -0.25) is 9.89 Å². The number of nitrogens with one attached hydrogen (secondary N) is 2. The molecule has 6 nitrogen and oxygen atoms in total. The maximum Gasteiger partial charge on any atom is 0.214 e. The van der Waals surface area contributed by atoms with Gasteiger partial charge in [-0.05, 0) is 51.3 Å². The second-order valence-electron chi connectivity index (χ2n) is 7.61. The fourth-order valence-corrected chi connectivity index (χ4v) is 3.67. The van der Waals surface area contributed by atoms with Crippen molar-refractivity contribution in [3.63, 3.8) is 0 Å². The van der Waals surface area contributed by atoms with Crippen molar-refractivity contribution in [3.8, 4) is 0 Å². The number of aryl methyl sites for hydroxylation is 2. The smallest absolute Gasteiger partial charge is 0.214 e. The summed E-state index contributed by atoms with van der Waals surface area (Å²) in [5.41, 5.74) is 3.63. The summed E-state index contributed by atoms with van der Waals surface area (Å²) in [5, 5.41) is 6.69. The minimum Gasteiger partial charge on any atom is -0.444 e. The highest BCUT2D eigenvalue weighted by molar-refractivity contribution is 5.79. The highest BCUT2D eigenvalue weighted by Crippen LogP contribution is 2.20. The van der Waals surface area contributed by atoms with E-state index in [1.807, 2.05) is 13.8 Å². The van der Waals surface area contributed by atoms with Gasteiger partial charge in [0.05, 0.1) is 12.2 Å². The largest absolute Gasteiger partial charge is 0.444 e. The Morgan fingerprint density at radius 3 is 2.61 bits per heavy atom. The zero-order valence-electron chi connectivity index (χ0n) is 17.6. The van der Waals surface area contributed by atoms with Crippen molar-refractivity contribution in [1.82, 2.24) is 20.5 Å². The van der Waals surface area contributed by atoms with Gasteiger partial charge in [-0.2, -0.15) is 0 Å². The quantitative estimate of drug-likeness (QED) is 0.590. The van der Waals surface area contributed by atoms with E-state index in [-0.39, 0.29) is 0 Å². The number of nitrogens with zero attached hydrogens (tertiary/aromatic N) is 3. The first-order chi connectivity index (χ1) is 13.6. The average Bonchev–Trinajstić information content (AvgIpc) is 3.02. The van der Waals surface area contributed by atoms with Crippen LogP contribution in [-0.4, -0.2) is 35.5 Å². The van der Waals surface area contributed by atoms with Crippen molar-refractivity contribution in [3.05, 3.63) is 52.7 Å². The van der Waals surface area contributed by atoms with Crippen molar-refractivity contribution in [1.29, 1.82) is 0 Å². The monoisotopic (exact) mass is 383 g/mol. The van der Waals surface area contributed by atoms with Gasteiger partial charge in [0.2, 0.25) is 5.89 Å². The number of benzene rings is 1. The van der Waals surface area contributed by atoms with Crippen LogP contribution in [0, 0.1) is 13.8 Å². The van der Waals surface area contributed by atoms with E-state index in [0.717, 1.165) is 30.5 Å². The Kier molecular flexibility index (Phi) is 7.09. The number of guanidine groups is 1. The van der Waals surface area contributed by atoms with Crippen LogP contribution in [0.5, 0.6) is 0 Å². The van der Waals surface area contributed by atoms with Crippen LogP contribution < -0.4 is 10.6 Å². The zero-order chi connectivity index (χ0) is 19.9. The third-order valence-corrected chi connectivity index (χ3v) is 5.58. The standard InChI is InChI=1S/C22H33N5O/c1-16-9-7-8-12-27(16)15-20-11-6-5-10-19(20)13-24-22(23-4)25-14-21-26-17(2)18(3)28-21/h5-6,10-11,16H,7-9,12-15H2,1-4H3,(H2,23,24,25). The lowest BCUT2D eigenvalue weighted by atomic mass is 10.0. The van der Waals surface area contributed by atoms with Crippen LogP contribution in [0.2, 0.25) is 0 Å². The first kappa shape index (κ1) is 20.4. The molecular weight excluding hydrogens is 350 g/mol. The highest BCUT2D eigenvalue weighted by atomic mass is 16.4. The molecule has 152 valence electrons. The molecule has 1 unspecified atom stereocenters. The molecule has 0 aliphatic carbocycles. The lowest BCUT2D eigenvalue weighted by Gasteiger charge is -2.33. The van der Waals surface area contributed by atoms with Gasteiger partial charge in [-0.1, -0.05) is 30.7 Å². The number of likely N-dealkylation sites (tertiary alicyclic amines) is 1. The molecule has 2 N–H and O–H groups in total. The van der Waals surface area contributed by atoms with E-state index in [4.69, 9.17) is 4.42 Å². The molecule has 28 heavy (non-hydrogen) atoms. The van der Waals surface area contributed by atoms with Crippen LogP contribution in [0.1, 0.15) is 54.7 Å². The topological polar surface area (TPSA) is 65.7 Å². The van der Waals surface area contributed by atoms with Crippen LogP contribution in [0.4, 0.5) is 0 Å². The summed E-state index contributed by atoms with van der Waals surface area (Å²) < 4.78 is 5.62. The fraction of sp³-hybridized carbons (Fsp3) is 0.545. The van der Waals surface area contributed by atoms with Gasteiger partial charge >= 0.3 is 0 Å². The first-order valence-corrected chi connectivity index (χ1v) is 10.2. The van der Waals surface area contributed by atoms with Gasteiger partial charge in [0.15, 0.2) is 5.96 Å². The van der Waals surface area contributed by atoms with E-state index in [1.165, 1.54) is 36.9 Å². The minimum absolute atomic E-state index is 0.515. The molecule has 1 aromatic carbocycles. The van der Waals surface area contributed by atoms with Crippen LogP contribution in [0.3, 0.4) is 0 Å². The summed E-state index contributed by atoms with van der Waals surface area (Å²) in [6.07, 6.45) is 3.96. The molecule has 1 atom stereocenters. The van der Waals surface area contributed by atoms with Gasteiger partial charge < -0.3 is 15.1 Å². The Balaban J connectivity index is 1.56. The molecule has 6 heteroatoms. The number of rotatable bonds is 6. The molecular formula is C22H33N5O. The Morgan fingerprint density at radius 1 is 1.18 bits per heavy atom. The number of aliphatic imine (C=N–C) groups is 1. The molecule has 0 saturated carbocycles. The number of hydrogen-bond acceptors (Lipinski definition) is 4. The van der Waals surface area contributed by atoms with E-state index in [2.05, 4.69) is 56.7 Å². The van der Waals surface area contributed by atoms with Crippen LogP contribution >= 0.6 is 0 Å². The SMILES string of the molecule is CN=C(NCc1nc(C)c(C)o1)NCc1ccccc1CN1CCCCC1C. The second-order valence-corrected chi connectivity index (χ2v) is 7.61. The Hall–Kier alpha value is -2.34. The predicted octanol–water partition coefficient (Wildman–Crippen LogP) is 3.53. The molecule has 2 heterocycles. The molecule has 1 saturated heterocycles. The highest BCUT2D eigenvalue weighted by Gasteiger charge is 2.19. The van der Waals surface area contributed by atoms with E-state index in [9.17, 15) is 0 Å². The van der Waals surface area contributed by atoms with Gasteiger partial charge in [0, 0.05) is 26.2 Å². The number of aromatic nitrogens is 1. The number of piperidine rings is 1. The summed E-state index contributed by atoms with van der Waals surface area (Å²) in [5.74, 6) is 2.28. The molecule has 1 fully saturated rings. The molecule has 0 spiro atoms. The van der Waals surface area contributed by atoms with Crippen molar-refractivity contribution in [2.45, 2.75) is 65.7 Å². The summed E-state index contributed by atoms with van der Waals surface area (Å²) >= 11 is 0. The molecule has 2 aromatic rings.